The molecule has 0 aliphatic carbocycles. The molecule has 1 fully saturated rings. The van der Waals surface area contributed by atoms with E-state index in [1.807, 2.05) is 0 Å². The Labute approximate surface area is 112 Å². The van der Waals surface area contributed by atoms with Crippen LogP contribution in [0.2, 0.25) is 0 Å². The number of amides is 2. The molecular formula is C14H20FN3O. The molecule has 19 heavy (non-hydrogen) atoms. The van der Waals surface area contributed by atoms with Crippen molar-refractivity contribution in [2.75, 3.05) is 13.1 Å². The highest BCUT2D eigenvalue weighted by atomic mass is 19.1. The SMILES string of the molecule is O=C(NCc1cccc(F)c1)NCC1CCCCN1. The maximum atomic E-state index is 12.9. The summed E-state index contributed by atoms with van der Waals surface area (Å²) < 4.78 is 12.9. The standard InChI is InChI=1S/C14H20FN3O/c15-12-5-3-4-11(8-12)9-17-14(19)18-10-13-6-1-2-7-16-13/h3-5,8,13,16H,1-2,6-7,9-10H2,(H2,17,18,19). The van der Waals surface area contributed by atoms with E-state index < -0.39 is 0 Å². The minimum atomic E-state index is -0.286. The van der Waals surface area contributed by atoms with Crippen molar-refractivity contribution in [2.45, 2.75) is 31.8 Å². The average Bonchev–Trinajstić information content (AvgIpc) is 2.44. The van der Waals surface area contributed by atoms with Gasteiger partial charge in [0.05, 0.1) is 0 Å². The largest absolute Gasteiger partial charge is 0.337 e. The molecule has 104 valence electrons. The third-order valence-electron chi connectivity index (χ3n) is 3.26. The second-order valence-electron chi connectivity index (χ2n) is 4.84. The minimum absolute atomic E-state index is 0.211. The minimum Gasteiger partial charge on any atom is -0.337 e. The number of piperidine rings is 1. The first-order chi connectivity index (χ1) is 9.24. The van der Waals surface area contributed by atoms with E-state index in [0.29, 0.717) is 19.1 Å². The molecule has 1 atom stereocenters. The quantitative estimate of drug-likeness (QED) is 0.777. The van der Waals surface area contributed by atoms with E-state index >= 15 is 0 Å². The zero-order valence-corrected chi connectivity index (χ0v) is 10.9. The van der Waals surface area contributed by atoms with Gasteiger partial charge in [-0.15, -0.1) is 0 Å². The van der Waals surface area contributed by atoms with E-state index in [0.717, 1.165) is 18.5 Å². The van der Waals surface area contributed by atoms with Gasteiger partial charge in [0.2, 0.25) is 0 Å². The van der Waals surface area contributed by atoms with Crippen LogP contribution < -0.4 is 16.0 Å². The fraction of sp³-hybridized carbons (Fsp3) is 0.500. The van der Waals surface area contributed by atoms with Crippen LogP contribution >= 0.6 is 0 Å². The third-order valence-corrected chi connectivity index (χ3v) is 3.26. The Morgan fingerprint density at radius 1 is 1.37 bits per heavy atom. The molecule has 1 aliphatic heterocycles. The lowest BCUT2D eigenvalue weighted by atomic mass is 10.1. The van der Waals surface area contributed by atoms with E-state index in [-0.39, 0.29) is 11.8 Å². The Bertz CT molecular complexity index is 419. The Kier molecular flexibility index (Phi) is 5.15. The Morgan fingerprint density at radius 3 is 3.00 bits per heavy atom. The van der Waals surface area contributed by atoms with Gasteiger partial charge < -0.3 is 16.0 Å². The van der Waals surface area contributed by atoms with Gasteiger partial charge >= 0.3 is 6.03 Å². The van der Waals surface area contributed by atoms with Crippen LogP contribution in [-0.4, -0.2) is 25.2 Å². The van der Waals surface area contributed by atoms with Crippen molar-refractivity contribution in [3.05, 3.63) is 35.6 Å². The third kappa shape index (κ3) is 4.87. The molecule has 1 saturated heterocycles. The molecule has 4 nitrogen and oxygen atoms in total. The zero-order chi connectivity index (χ0) is 13.5. The first-order valence-electron chi connectivity index (χ1n) is 6.73. The highest BCUT2D eigenvalue weighted by Gasteiger charge is 2.12. The summed E-state index contributed by atoms with van der Waals surface area (Å²) in [4.78, 5) is 11.6. The molecule has 5 heteroatoms. The second kappa shape index (κ2) is 7.09. The number of nitrogens with one attached hydrogen (secondary N) is 3. The van der Waals surface area contributed by atoms with Crippen molar-refractivity contribution >= 4 is 6.03 Å². The lowest BCUT2D eigenvalue weighted by molar-refractivity contribution is 0.238. The molecule has 1 heterocycles. The number of rotatable bonds is 4. The Hall–Kier alpha value is -1.62. The smallest absolute Gasteiger partial charge is 0.315 e. The van der Waals surface area contributed by atoms with Crippen LogP contribution in [0.25, 0.3) is 0 Å². The number of halogens is 1. The van der Waals surface area contributed by atoms with Gasteiger partial charge in [0.15, 0.2) is 0 Å². The Balaban J connectivity index is 1.66. The van der Waals surface area contributed by atoms with E-state index in [4.69, 9.17) is 0 Å². The van der Waals surface area contributed by atoms with Gasteiger partial charge in [-0.2, -0.15) is 0 Å². The molecule has 0 aromatic heterocycles. The van der Waals surface area contributed by atoms with Crippen molar-refractivity contribution in [1.29, 1.82) is 0 Å². The average molecular weight is 265 g/mol. The predicted molar refractivity (Wildman–Crippen MR) is 72.3 cm³/mol. The molecule has 1 unspecified atom stereocenters. The number of urea groups is 1. The van der Waals surface area contributed by atoms with Gasteiger partial charge in [0.1, 0.15) is 5.82 Å². The number of carbonyl (C=O) groups excluding carboxylic acids is 1. The van der Waals surface area contributed by atoms with Gasteiger partial charge in [-0.25, -0.2) is 9.18 Å². The van der Waals surface area contributed by atoms with Crippen molar-refractivity contribution in [2.24, 2.45) is 0 Å². The van der Waals surface area contributed by atoms with Gasteiger partial charge in [-0.1, -0.05) is 18.6 Å². The molecular weight excluding hydrogens is 245 g/mol. The van der Waals surface area contributed by atoms with Crippen molar-refractivity contribution < 1.29 is 9.18 Å². The normalized spacial score (nSPS) is 18.9. The summed E-state index contributed by atoms with van der Waals surface area (Å²) in [5.74, 6) is -0.286. The van der Waals surface area contributed by atoms with Gasteiger partial charge in [0, 0.05) is 19.1 Å². The zero-order valence-electron chi connectivity index (χ0n) is 10.9. The molecule has 0 spiro atoms. The number of hydrogen-bond donors (Lipinski definition) is 3. The van der Waals surface area contributed by atoms with Crippen LogP contribution in [-0.2, 0) is 6.54 Å². The fourth-order valence-corrected chi connectivity index (χ4v) is 2.21. The first kappa shape index (κ1) is 13.8. The maximum Gasteiger partial charge on any atom is 0.315 e. The highest BCUT2D eigenvalue weighted by Crippen LogP contribution is 2.05. The molecule has 3 N–H and O–H groups in total. The van der Waals surface area contributed by atoms with Crippen molar-refractivity contribution in [3.8, 4) is 0 Å². The van der Waals surface area contributed by atoms with E-state index in [1.54, 1.807) is 12.1 Å². The maximum absolute atomic E-state index is 12.9. The second-order valence-corrected chi connectivity index (χ2v) is 4.84. The van der Waals surface area contributed by atoms with Crippen LogP contribution in [0.1, 0.15) is 24.8 Å². The predicted octanol–water partition coefficient (Wildman–Crippen LogP) is 1.77. The van der Waals surface area contributed by atoms with Crippen LogP contribution in [0.5, 0.6) is 0 Å². The number of hydrogen-bond acceptors (Lipinski definition) is 2. The van der Waals surface area contributed by atoms with E-state index in [1.165, 1.54) is 25.0 Å². The summed E-state index contributed by atoms with van der Waals surface area (Å²) in [7, 11) is 0. The van der Waals surface area contributed by atoms with Crippen LogP contribution in [0, 0.1) is 5.82 Å². The highest BCUT2D eigenvalue weighted by molar-refractivity contribution is 5.73. The van der Waals surface area contributed by atoms with Crippen LogP contribution in [0.3, 0.4) is 0 Å². The molecule has 1 aromatic rings. The van der Waals surface area contributed by atoms with Gasteiger partial charge in [-0.05, 0) is 37.1 Å². The van der Waals surface area contributed by atoms with Gasteiger partial charge in [0.25, 0.3) is 0 Å². The summed E-state index contributed by atoms with van der Waals surface area (Å²) in [6.07, 6.45) is 3.52. The summed E-state index contributed by atoms with van der Waals surface area (Å²) in [6.45, 7) is 1.99. The van der Waals surface area contributed by atoms with E-state index in [9.17, 15) is 9.18 Å². The first-order valence-corrected chi connectivity index (χ1v) is 6.73. The van der Waals surface area contributed by atoms with Crippen LogP contribution in [0.4, 0.5) is 9.18 Å². The number of benzene rings is 1. The summed E-state index contributed by atoms with van der Waals surface area (Å²) in [5, 5.41) is 8.92. The topological polar surface area (TPSA) is 53.2 Å². The van der Waals surface area contributed by atoms with Gasteiger partial charge in [-0.3, -0.25) is 0 Å². The molecule has 2 amide bonds. The molecule has 2 rings (SSSR count). The molecule has 0 saturated carbocycles. The van der Waals surface area contributed by atoms with Crippen molar-refractivity contribution in [3.63, 3.8) is 0 Å². The molecule has 0 radical (unpaired) electrons. The Morgan fingerprint density at radius 2 is 2.26 bits per heavy atom. The molecule has 1 aliphatic rings. The van der Waals surface area contributed by atoms with E-state index in [2.05, 4.69) is 16.0 Å². The van der Waals surface area contributed by atoms with Crippen LogP contribution in [0.15, 0.2) is 24.3 Å². The lowest BCUT2D eigenvalue weighted by Gasteiger charge is -2.23. The lowest BCUT2D eigenvalue weighted by Crippen LogP contribution is -2.46. The summed E-state index contributed by atoms with van der Waals surface area (Å²) in [5.41, 5.74) is 0.756. The summed E-state index contributed by atoms with van der Waals surface area (Å²) in [6, 6.07) is 6.38. The molecule has 0 bridgehead atoms. The number of carbonyl (C=O) groups is 1. The monoisotopic (exact) mass is 265 g/mol. The van der Waals surface area contributed by atoms with Crippen molar-refractivity contribution in [1.82, 2.24) is 16.0 Å². The summed E-state index contributed by atoms with van der Waals surface area (Å²) >= 11 is 0. The molecule has 1 aromatic carbocycles. The fourth-order valence-electron chi connectivity index (χ4n) is 2.21.